The molecule has 1 N–H and O–H groups in total. The summed E-state index contributed by atoms with van der Waals surface area (Å²) in [5.41, 5.74) is 0.582. The molecule has 0 unspecified atom stereocenters. The van der Waals surface area contributed by atoms with Crippen LogP contribution in [-0.2, 0) is 11.3 Å². The average molecular weight is 247 g/mol. The Bertz CT molecular complexity index is 365. The Kier molecular flexibility index (Phi) is 4.51. The maximum atomic E-state index is 12.3. The van der Waals surface area contributed by atoms with E-state index in [1.165, 1.54) is 0 Å². The molecule has 0 atom stereocenters. The Labute approximate surface area is 96.5 Å². The van der Waals surface area contributed by atoms with Crippen LogP contribution in [0, 0.1) is 0 Å². The second-order valence-electron chi connectivity index (χ2n) is 3.43. The summed E-state index contributed by atoms with van der Waals surface area (Å²) in [6, 6.07) is 8.31. The molecule has 0 aliphatic carbocycles. The maximum absolute atomic E-state index is 12.3. The zero-order valence-corrected chi connectivity index (χ0v) is 8.94. The summed E-state index contributed by atoms with van der Waals surface area (Å²) >= 11 is 0. The van der Waals surface area contributed by atoms with Gasteiger partial charge in [0.2, 0.25) is 0 Å². The van der Waals surface area contributed by atoms with Gasteiger partial charge in [-0.3, -0.25) is 4.79 Å². The predicted octanol–water partition coefficient (Wildman–Crippen LogP) is 1.57. The lowest BCUT2D eigenvalue weighted by Crippen LogP contribution is -2.42. The largest absolute Gasteiger partial charge is 0.471 e. The van der Waals surface area contributed by atoms with Crippen molar-refractivity contribution in [2.75, 3.05) is 13.2 Å². The van der Waals surface area contributed by atoms with Gasteiger partial charge in [-0.25, -0.2) is 0 Å². The standard InChI is InChI=1S/C11H12F3NO2/c12-11(13,14)10(17)15(6-7-16)8-9-4-2-1-3-5-9/h1-5,16H,6-8H2. The molecular weight excluding hydrogens is 235 g/mol. The van der Waals surface area contributed by atoms with Crippen LogP contribution < -0.4 is 0 Å². The number of aliphatic hydroxyl groups excluding tert-OH is 1. The molecule has 1 amide bonds. The van der Waals surface area contributed by atoms with Crippen molar-refractivity contribution in [2.45, 2.75) is 12.7 Å². The summed E-state index contributed by atoms with van der Waals surface area (Å²) in [6.45, 7) is -1.01. The highest BCUT2D eigenvalue weighted by atomic mass is 19.4. The van der Waals surface area contributed by atoms with Gasteiger partial charge >= 0.3 is 12.1 Å². The highest BCUT2D eigenvalue weighted by Crippen LogP contribution is 2.19. The number of carbonyl (C=O) groups is 1. The smallest absolute Gasteiger partial charge is 0.395 e. The Hall–Kier alpha value is -1.56. The molecule has 0 spiro atoms. The Balaban J connectivity index is 2.77. The molecule has 0 saturated carbocycles. The van der Waals surface area contributed by atoms with Crippen LogP contribution in [0.15, 0.2) is 30.3 Å². The van der Waals surface area contributed by atoms with E-state index in [0.717, 1.165) is 0 Å². The van der Waals surface area contributed by atoms with Gasteiger partial charge in [0, 0.05) is 13.1 Å². The van der Waals surface area contributed by atoms with Gasteiger partial charge in [0.1, 0.15) is 0 Å². The van der Waals surface area contributed by atoms with Crippen LogP contribution in [0.1, 0.15) is 5.56 Å². The fourth-order valence-electron chi connectivity index (χ4n) is 1.36. The first-order chi connectivity index (χ1) is 7.95. The van der Waals surface area contributed by atoms with Crippen molar-refractivity contribution >= 4 is 5.91 Å². The van der Waals surface area contributed by atoms with Crippen molar-refractivity contribution < 1.29 is 23.1 Å². The minimum Gasteiger partial charge on any atom is -0.395 e. The highest BCUT2D eigenvalue weighted by molar-refractivity contribution is 5.81. The first-order valence-corrected chi connectivity index (χ1v) is 4.96. The number of hydrogen-bond acceptors (Lipinski definition) is 2. The van der Waals surface area contributed by atoms with Gasteiger partial charge < -0.3 is 10.0 Å². The van der Waals surface area contributed by atoms with Crippen LogP contribution in [0.5, 0.6) is 0 Å². The van der Waals surface area contributed by atoms with Gasteiger partial charge in [-0.1, -0.05) is 30.3 Å². The minimum atomic E-state index is -4.91. The zero-order chi connectivity index (χ0) is 12.9. The summed E-state index contributed by atoms with van der Waals surface area (Å²) < 4.78 is 36.8. The number of nitrogens with zero attached hydrogens (tertiary/aromatic N) is 1. The molecule has 3 nitrogen and oxygen atoms in total. The van der Waals surface area contributed by atoms with Crippen molar-refractivity contribution in [2.24, 2.45) is 0 Å². The normalized spacial score (nSPS) is 11.3. The summed E-state index contributed by atoms with van der Waals surface area (Å²) in [5.74, 6) is -1.93. The number of aliphatic hydroxyl groups is 1. The third kappa shape index (κ3) is 4.07. The molecule has 0 saturated heterocycles. The Morgan fingerprint density at radius 2 is 1.82 bits per heavy atom. The molecule has 17 heavy (non-hydrogen) atoms. The SMILES string of the molecule is O=C(N(CCO)Cc1ccccc1)C(F)(F)F. The van der Waals surface area contributed by atoms with Crippen molar-refractivity contribution in [1.29, 1.82) is 0 Å². The van der Waals surface area contributed by atoms with Gasteiger partial charge in [-0.2, -0.15) is 13.2 Å². The number of amides is 1. The quantitative estimate of drug-likeness (QED) is 0.877. The van der Waals surface area contributed by atoms with Gasteiger partial charge in [0.05, 0.1) is 6.61 Å². The van der Waals surface area contributed by atoms with Gasteiger partial charge in [0.25, 0.3) is 0 Å². The van der Waals surface area contributed by atoms with E-state index in [1.54, 1.807) is 30.3 Å². The first-order valence-electron chi connectivity index (χ1n) is 4.96. The number of halogens is 3. The Morgan fingerprint density at radius 3 is 2.29 bits per heavy atom. The molecule has 6 heteroatoms. The van der Waals surface area contributed by atoms with E-state index in [1.807, 2.05) is 0 Å². The van der Waals surface area contributed by atoms with Crippen LogP contribution in [-0.4, -0.2) is 35.2 Å². The molecule has 94 valence electrons. The van der Waals surface area contributed by atoms with Gasteiger partial charge in [-0.15, -0.1) is 0 Å². The van der Waals surface area contributed by atoms with Crippen molar-refractivity contribution in [3.8, 4) is 0 Å². The fourth-order valence-corrected chi connectivity index (χ4v) is 1.36. The number of hydrogen-bond donors (Lipinski definition) is 1. The number of benzene rings is 1. The molecule has 0 bridgehead atoms. The van der Waals surface area contributed by atoms with Crippen LogP contribution in [0.2, 0.25) is 0 Å². The average Bonchev–Trinajstić information content (AvgIpc) is 2.28. The van der Waals surface area contributed by atoms with E-state index in [4.69, 9.17) is 5.11 Å². The molecule has 0 heterocycles. The summed E-state index contributed by atoms with van der Waals surface area (Å²) in [6.07, 6.45) is -4.91. The predicted molar refractivity (Wildman–Crippen MR) is 55.0 cm³/mol. The number of alkyl halides is 3. The molecule has 0 fully saturated rings. The van der Waals surface area contributed by atoms with E-state index >= 15 is 0 Å². The van der Waals surface area contributed by atoms with Crippen LogP contribution >= 0.6 is 0 Å². The highest BCUT2D eigenvalue weighted by Gasteiger charge is 2.42. The lowest BCUT2D eigenvalue weighted by molar-refractivity contribution is -0.186. The summed E-state index contributed by atoms with van der Waals surface area (Å²) in [7, 11) is 0. The van der Waals surface area contributed by atoms with Crippen molar-refractivity contribution in [3.63, 3.8) is 0 Å². The summed E-state index contributed by atoms with van der Waals surface area (Å²) in [5, 5.41) is 8.67. The molecule has 0 aliphatic rings. The number of carbonyl (C=O) groups excluding carboxylic acids is 1. The van der Waals surface area contributed by atoms with E-state index in [0.29, 0.717) is 10.5 Å². The van der Waals surface area contributed by atoms with Gasteiger partial charge in [0.15, 0.2) is 0 Å². The molecule has 1 rings (SSSR count). The first kappa shape index (κ1) is 13.5. The van der Waals surface area contributed by atoms with E-state index < -0.39 is 18.7 Å². The molecule has 0 aliphatic heterocycles. The second kappa shape index (κ2) is 5.67. The lowest BCUT2D eigenvalue weighted by atomic mass is 10.2. The maximum Gasteiger partial charge on any atom is 0.471 e. The monoisotopic (exact) mass is 247 g/mol. The second-order valence-corrected chi connectivity index (χ2v) is 3.43. The van der Waals surface area contributed by atoms with Crippen LogP contribution in [0.25, 0.3) is 0 Å². The topological polar surface area (TPSA) is 40.5 Å². The third-order valence-electron chi connectivity index (χ3n) is 2.12. The lowest BCUT2D eigenvalue weighted by Gasteiger charge is -2.22. The van der Waals surface area contributed by atoms with E-state index in [2.05, 4.69) is 0 Å². The van der Waals surface area contributed by atoms with Gasteiger partial charge in [-0.05, 0) is 5.56 Å². The van der Waals surface area contributed by atoms with Crippen molar-refractivity contribution in [3.05, 3.63) is 35.9 Å². The molecular formula is C11H12F3NO2. The van der Waals surface area contributed by atoms with E-state index in [9.17, 15) is 18.0 Å². The zero-order valence-electron chi connectivity index (χ0n) is 8.94. The molecule has 1 aromatic rings. The van der Waals surface area contributed by atoms with Crippen LogP contribution in [0.3, 0.4) is 0 Å². The molecule has 0 aromatic heterocycles. The third-order valence-corrected chi connectivity index (χ3v) is 2.12. The molecule has 1 aromatic carbocycles. The van der Waals surface area contributed by atoms with E-state index in [-0.39, 0.29) is 13.1 Å². The fraction of sp³-hybridized carbons (Fsp3) is 0.364. The van der Waals surface area contributed by atoms with Crippen LogP contribution in [0.4, 0.5) is 13.2 Å². The molecule has 0 radical (unpaired) electrons. The minimum absolute atomic E-state index is 0.167. The summed E-state index contributed by atoms with van der Waals surface area (Å²) in [4.78, 5) is 11.6. The Morgan fingerprint density at radius 1 is 1.24 bits per heavy atom. The van der Waals surface area contributed by atoms with Crippen molar-refractivity contribution in [1.82, 2.24) is 4.90 Å². The number of rotatable bonds is 4.